The number of aliphatic imine (C=N–C) groups is 2. The smallest absolute Gasteiger partial charge is 0.191 e. The van der Waals surface area contributed by atoms with E-state index in [1.54, 1.807) is 30.0 Å². The lowest BCUT2D eigenvalue weighted by molar-refractivity contribution is 0.195. The monoisotopic (exact) mass is 549 g/mol. The van der Waals surface area contributed by atoms with Crippen molar-refractivity contribution in [2.45, 2.75) is 11.9 Å². The van der Waals surface area contributed by atoms with Gasteiger partial charge in [0.05, 0.1) is 5.02 Å². The van der Waals surface area contributed by atoms with Gasteiger partial charge in [0.25, 0.3) is 0 Å². The summed E-state index contributed by atoms with van der Waals surface area (Å²) in [7, 11) is -2.46. The number of amidine groups is 1. The predicted molar refractivity (Wildman–Crippen MR) is 159 cm³/mol. The van der Waals surface area contributed by atoms with Gasteiger partial charge in [0.2, 0.25) is 0 Å². The molecule has 0 saturated heterocycles. The van der Waals surface area contributed by atoms with Crippen LogP contribution >= 0.6 is 42.2 Å². The van der Waals surface area contributed by atoms with Crippen LogP contribution in [0.4, 0.5) is 0 Å². The molecular formula is C29H24Cl2N2OPS+. The third kappa shape index (κ3) is 4.53. The average Bonchev–Trinajstić information content (AvgIpc) is 2.91. The molecule has 0 aliphatic carbocycles. The summed E-state index contributed by atoms with van der Waals surface area (Å²) in [4.78, 5) is 9.74. The number of hydrogen-bond donors (Lipinski definition) is 1. The maximum Gasteiger partial charge on any atom is 0.191 e. The molecule has 5 rings (SSSR count). The Morgan fingerprint density at radius 2 is 1.25 bits per heavy atom. The van der Waals surface area contributed by atoms with E-state index in [-0.39, 0.29) is 5.66 Å². The highest BCUT2D eigenvalue weighted by molar-refractivity contribution is 8.15. The quantitative estimate of drug-likeness (QED) is 0.301. The molecular weight excluding hydrogens is 526 g/mol. The summed E-state index contributed by atoms with van der Waals surface area (Å²) in [5.74, 6) is 0.414. The van der Waals surface area contributed by atoms with Crippen LogP contribution in [0.3, 0.4) is 0 Å². The topological polar surface area (TPSA) is 45.0 Å². The zero-order valence-electron chi connectivity index (χ0n) is 19.5. The Labute approximate surface area is 226 Å². The van der Waals surface area contributed by atoms with Crippen molar-refractivity contribution < 1.29 is 5.11 Å². The third-order valence-corrected chi connectivity index (χ3v) is 12.5. The molecule has 3 nitrogen and oxygen atoms in total. The highest BCUT2D eigenvalue weighted by atomic mass is 35.5. The summed E-state index contributed by atoms with van der Waals surface area (Å²) in [6.07, 6.45) is 0.973. The molecule has 4 aromatic carbocycles. The van der Waals surface area contributed by atoms with E-state index < -0.39 is 13.5 Å². The predicted octanol–water partition coefficient (Wildman–Crippen LogP) is 6.20. The van der Waals surface area contributed by atoms with E-state index in [1.807, 2.05) is 24.5 Å². The second-order valence-corrected chi connectivity index (χ2v) is 13.5. The van der Waals surface area contributed by atoms with Crippen molar-refractivity contribution in [3.63, 3.8) is 0 Å². The number of halogens is 2. The number of thioether (sulfide) groups is 1. The fourth-order valence-electron chi connectivity index (χ4n) is 4.77. The van der Waals surface area contributed by atoms with Crippen molar-refractivity contribution in [2.75, 3.05) is 6.26 Å². The minimum atomic E-state index is -2.46. The maximum absolute atomic E-state index is 11.8. The molecule has 180 valence electrons. The first-order valence-electron chi connectivity index (χ1n) is 11.4. The number of rotatable bonds is 5. The Bertz CT molecular complexity index is 1320. The van der Waals surface area contributed by atoms with Gasteiger partial charge in [-0.1, -0.05) is 77.8 Å². The van der Waals surface area contributed by atoms with Crippen LogP contribution in [0.5, 0.6) is 0 Å². The molecule has 1 heterocycles. The highest BCUT2D eigenvalue weighted by Gasteiger charge is 2.58. The summed E-state index contributed by atoms with van der Waals surface area (Å²) < 4.78 is 0. The van der Waals surface area contributed by atoms with E-state index in [9.17, 15) is 5.11 Å². The molecule has 0 bridgehead atoms. The first-order valence-corrected chi connectivity index (χ1v) is 15.3. The van der Waals surface area contributed by atoms with Gasteiger partial charge in [0.1, 0.15) is 28.2 Å². The summed E-state index contributed by atoms with van der Waals surface area (Å²) in [6, 6.07) is 36.6. The lowest BCUT2D eigenvalue weighted by atomic mass is 10.2. The van der Waals surface area contributed by atoms with Crippen LogP contribution in [-0.2, 0) is 0 Å². The van der Waals surface area contributed by atoms with Gasteiger partial charge in [-0.25, -0.2) is 9.98 Å². The summed E-state index contributed by atoms with van der Waals surface area (Å²) in [5.41, 5.74) is 0.280. The summed E-state index contributed by atoms with van der Waals surface area (Å²) >= 11 is 14.2. The number of aliphatic hydroxyl groups is 1. The average molecular weight is 550 g/mol. The van der Waals surface area contributed by atoms with Crippen LogP contribution in [-0.4, -0.2) is 34.1 Å². The van der Waals surface area contributed by atoms with Gasteiger partial charge >= 0.3 is 0 Å². The van der Waals surface area contributed by atoms with Crippen LogP contribution < -0.4 is 15.9 Å². The molecule has 1 aliphatic heterocycles. The molecule has 2 atom stereocenters. The molecule has 0 spiro atoms. The molecule has 0 radical (unpaired) electrons. The molecule has 1 aliphatic rings. The second-order valence-electron chi connectivity index (χ2n) is 8.32. The van der Waals surface area contributed by atoms with Gasteiger partial charge in [0, 0.05) is 10.6 Å². The van der Waals surface area contributed by atoms with Crippen LogP contribution in [0.1, 0.15) is 5.56 Å². The molecule has 0 aromatic heterocycles. The van der Waals surface area contributed by atoms with Gasteiger partial charge in [0.15, 0.2) is 17.7 Å². The van der Waals surface area contributed by atoms with Crippen LogP contribution in [0, 0.1) is 0 Å². The molecule has 36 heavy (non-hydrogen) atoms. The lowest BCUT2D eigenvalue weighted by Gasteiger charge is -2.37. The summed E-state index contributed by atoms with van der Waals surface area (Å²) in [6.45, 7) is 0. The first-order chi connectivity index (χ1) is 17.6. The van der Waals surface area contributed by atoms with E-state index in [4.69, 9.17) is 33.2 Å². The normalized spacial score (nSPS) is 17.9. The van der Waals surface area contributed by atoms with Gasteiger partial charge in [-0.15, -0.1) is 11.8 Å². The molecule has 0 fully saturated rings. The number of hydrogen-bond acceptors (Lipinski definition) is 4. The summed E-state index contributed by atoms with van der Waals surface area (Å²) in [5, 5.41) is 17.1. The molecule has 7 heteroatoms. The Morgan fingerprint density at radius 3 is 1.69 bits per heavy atom. The minimum absolute atomic E-state index is 0.366. The molecule has 0 saturated carbocycles. The molecule has 1 N–H and O–H groups in total. The van der Waals surface area contributed by atoms with Gasteiger partial charge in [-0.05, 0) is 60.9 Å². The van der Waals surface area contributed by atoms with Crippen molar-refractivity contribution in [3.8, 4) is 0 Å². The van der Waals surface area contributed by atoms with E-state index in [2.05, 4.69) is 72.8 Å². The Hall–Kier alpha value is -2.46. The highest BCUT2D eigenvalue weighted by Crippen LogP contribution is 2.62. The third-order valence-electron chi connectivity index (χ3n) is 6.29. The van der Waals surface area contributed by atoms with E-state index in [0.29, 0.717) is 21.4 Å². The Balaban J connectivity index is 1.78. The molecule has 4 aromatic rings. The van der Waals surface area contributed by atoms with E-state index in [1.165, 1.54) is 0 Å². The number of aliphatic hydroxyl groups excluding tert-OH is 1. The zero-order valence-corrected chi connectivity index (χ0v) is 22.7. The van der Waals surface area contributed by atoms with Gasteiger partial charge < -0.3 is 5.11 Å². The van der Waals surface area contributed by atoms with Crippen molar-refractivity contribution in [3.05, 3.63) is 125 Å². The second kappa shape index (κ2) is 10.9. The minimum Gasteiger partial charge on any atom is -0.368 e. The maximum atomic E-state index is 11.8. The standard InChI is InChI=1S/C29H24Cl2N2OPS/c1-36-29-26(28(34)32-27(33-29)24-18-17-20(30)19-25(24)31)35(21-11-5-2-6-12-21,22-13-7-3-8-14-22)23-15-9-4-10-16-23/h2-19,26,28,34H,1H3/q+1/t26-,28+/m0/s1. The number of benzene rings is 4. The van der Waals surface area contributed by atoms with Crippen LogP contribution in [0.2, 0.25) is 10.0 Å². The number of nitrogens with zero attached hydrogens (tertiary/aromatic N) is 2. The van der Waals surface area contributed by atoms with Crippen molar-refractivity contribution in [1.29, 1.82) is 0 Å². The molecule has 0 unspecified atom stereocenters. The van der Waals surface area contributed by atoms with E-state index in [0.717, 1.165) is 21.0 Å². The Morgan fingerprint density at radius 1 is 0.750 bits per heavy atom. The largest absolute Gasteiger partial charge is 0.368 e. The van der Waals surface area contributed by atoms with Crippen molar-refractivity contribution >= 4 is 69.0 Å². The van der Waals surface area contributed by atoms with E-state index >= 15 is 0 Å². The molecule has 0 amide bonds. The van der Waals surface area contributed by atoms with Gasteiger partial charge in [-0.3, -0.25) is 0 Å². The van der Waals surface area contributed by atoms with Crippen molar-refractivity contribution in [2.24, 2.45) is 9.98 Å². The Kier molecular flexibility index (Phi) is 7.62. The fraction of sp³-hybridized carbons (Fsp3) is 0.103. The zero-order chi connectivity index (χ0) is 25.1. The fourth-order valence-corrected chi connectivity index (χ4v) is 11.2. The van der Waals surface area contributed by atoms with Crippen molar-refractivity contribution in [1.82, 2.24) is 0 Å². The van der Waals surface area contributed by atoms with Crippen LogP contribution in [0.15, 0.2) is 119 Å². The van der Waals surface area contributed by atoms with Crippen LogP contribution in [0.25, 0.3) is 0 Å². The van der Waals surface area contributed by atoms with Gasteiger partial charge in [-0.2, -0.15) is 0 Å². The lowest BCUT2D eigenvalue weighted by Crippen LogP contribution is -2.48. The first kappa shape index (κ1) is 25.2. The SMILES string of the molecule is CSC1=NC(c2ccc(Cl)cc2Cl)=N[C@H](O)[C@@H]1[P+](c1ccccc1)(c1ccccc1)c1ccccc1.